The van der Waals surface area contributed by atoms with E-state index in [2.05, 4.69) is 9.97 Å². The van der Waals surface area contributed by atoms with Crippen molar-refractivity contribution in [1.82, 2.24) is 19.4 Å². The Balaban J connectivity index is 1.50. The summed E-state index contributed by atoms with van der Waals surface area (Å²) >= 11 is 0. The van der Waals surface area contributed by atoms with Crippen LogP contribution in [0.1, 0.15) is 16.2 Å². The van der Waals surface area contributed by atoms with E-state index in [-0.39, 0.29) is 5.56 Å². The number of rotatable bonds is 5. The van der Waals surface area contributed by atoms with Gasteiger partial charge in [0.15, 0.2) is 0 Å². The molecule has 0 unspecified atom stereocenters. The molecule has 1 amide bonds. The first-order valence-corrected chi connectivity index (χ1v) is 9.79. The summed E-state index contributed by atoms with van der Waals surface area (Å²) in [4.78, 5) is 46.1. The number of nitrogens with zero attached hydrogens (tertiary/aromatic N) is 7. The molecule has 32 heavy (non-hydrogen) atoms. The number of nitro benzene ring substituents is 2. The SMILES string of the molecule is Cc1nc(N2CCN(C(=O)c3cc([N+](=O)[O-])cc([N+](=O)[O-])c3)CC2)cc(-n2cccc2)n1. The van der Waals surface area contributed by atoms with Crippen molar-refractivity contribution in [3.63, 3.8) is 0 Å². The number of amides is 1. The van der Waals surface area contributed by atoms with Gasteiger partial charge in [-0.3, -0.25) is 25.0 Å². The minimum atomic E-state index is -0.749. The van der Waals surface area contributed by atoms with Crippen LogP contribution in [0.4, 0.5) is 17.2 Å². The number of non-ortho nitro benzene ring substituents is 2. The molecule has 12 nitrogen and oxygen atoms in total. The van der Waals surface area contributed by atoms with Crippen molar-refractivity contribution in [3.05, 3.63) is 80.4 Å². The first kappa shape index (κ1) is 20.9. The number of hydrogen-bond acceptors (Lipinski definition) is 8. The van der Waals surface area contributed by atoms with Gasteiger partial charge in [-0.25, -0.2) is 9.97 Å². The highest BCUT2D eigenvalue weighted by atomic mass is 16.6. The molecule has 0 N–H and O–H groups in total. The Hall–Kier alpha value is -4.35. The molecule has 1 saturated heterocycles. The van der Waals surface area contributed by atoms with E-state index in [0.717, 1.165) is 29.8 Å². The van der Waals surface area contributed by atoms with E-state index in [1.807, 2.05) is 47.0 Å². The summed E-state index contributed by atoms with van der Waals surface area (Å²) in [5, 5.41) is 22.2. The van der Waals surface area contributed by atoms with Crippen LogP contribution in [-0.4, -0.2) is 61.4 Å². The zero-order valence-corrected chi connectivity index (χ0v) is 17.1. The summed E-state index contributed by atoms with van der Waals surface area (Å²) in [5.74, 6) is 1.61. The largest absolute Gasteiger partial charge is 0.353 e. The molecule has 0 spiro atoms. The van der Waals surface area contributed by atoms with E-state index in [1.54, 1.807) is 0 Å². The second-order valence-electron chi connectivity index (χ2n) is 7.25. The molecule has 4 rings (SSSR count). The van der Waals surface area contributed by atoms with Gasteiger partial charge in [-0.05, 0) is 19.1 Å². The van der Waals surface area contributed by atoms with E-state index in [0.29, 0.717) is 32.0 Å². The summed E-state index contributed by atoms with van der Waals surface area (Å²) in [6.07, 6.45) is 3.78. The van der Waals surface area contributed by atoms with Gasteiger partial charge >= 0.3 is 0 Å². The second kappa shape index (κ2) is 8.41. The van der Waals surface area contributed by atoms with E-state index >= 15 is 0 Å². The predicted octanol–water partition coefficient (Wildman–Crippen LogP) is 2.35. The molecule has 2 aromatic heterocycles. The van der Waals surface area contributed by atoms with Crippen LogP contribution in [0.2, 0.25) is 0 Å². The Morgan fingerprint density at radius 3 is 2.00 bits per heavy atom. The third-order valence-electron chi connectivity index (χ3n) is 5.14. The Bertz CT molecular complexity index is 1150. The second-order valence-corrected chi connectivity index (χ2v) is 7.25. The van der Waals surface area contributed by atoms with Crippen LogP contribution < -0.4 is 4.90 Å². The van der Waals surface area contributed by atoms with Gasteiger partial charge in [-0.1, -0.05) is 0 Å². The van der Waals surface area contributed by atoms with Crippen LogP contribution in [0, 0.1) is 27.2 Å². The summed E-state index contributed by atoms with van der Waals surface area (Å²) in [7, 11) is 0. The highest BCUT2D eigenvalue weighted by molar-refractivity contribution is 5.95. The Labute approximate surface area is 182 Å². The Morgan fingerprint density at radius 2 is 1.44 bits per heavy atom. The highest BCUT2D eigenvalue weighted by Gasteiger charge is 2.26. The molecule has 3 aromatic rings. The third-order valence-corrected chi connectivity index (χ3v) is 5.14. The number of hydrogen-bond donors (Lipinski definition) is 0. The molecule has 1 aliphatic heterocycles. The van der Waals surface area contributed by atoms with Crippen LogP contribution >= 0.6 is 0 Å². The molecular weight excluding hydrogens is 418 g/mol. The van der Waals surface area contributed by atoms with E-state index < -0.39 is 27.1 Å². The monoisotopic (exact) mass is 437 g/mol. The van der Waals surface area contributed by atoms with E-state index in [1.165, 1.54) is 4.90 Å². The zero-order chi connectivity index (χ0) is 22.8. The highest BCUT2D eigenvalue weighted by Crippen LogP contribution is 2.24. The van der Waals surface area contributed by atoms with Gasteiger partial charge in [0, 0.05) is 56.8 Å². The Kier molecular flexibility index (Phi) is 5.50. The molecule has 0 saturated carbocycles. The maximum Gasteiger partial charge on any atom is 0.277 e. The first-order valence-electron chi connectivity index (χ1n) is 9.79. The molecule has 1 aromatic carbocycles. The number of nitro groups is 2. The summed E-state index contributed by atoms with van der Waals surface area (Å²) in [6, 6.07) is 8.65. The Morgan fingerprint density at radius 1 is 0.875 bits per heavy atom. The molecule has 164 valence electrons. The third kappa shape index (κ3) is 4.24. The molecular formula is C20H19N7O5. The number of benzene rings is 1. The van der Waals surface area contributed by atoms with Gasteiger partial charge in [0.1, 0.15) is 17.5 Å². The molecule has 1 aliphatic rings. The standard InChI is InChI=1S/C20H19N7O5/c1-14-21-18(23-4-2-3-5-23)13-19(22-14)24-6-8-25(9-7-24)20(28)15-10-16(26(29)30)12-17(11-15)27(31)32/h2-5,10-13H,6-9H2,1H3. The van der Waals surface area contributed by atoms with Crippen LogP contribution in [0.15, 0.2) is 48.8 Å². The van der Waals surface area contributed by atoms with Gasteiger partial charge in [0.05, 0.1) is 21.5 Å². The number of carbonyl (C=O) groups is 1. The number of anilines is 1. The van der Waals surface area contributed by atoms with Crippen molar-refractivity contribution in [2.24, 2.45) is 0 Å². The van der Waals surface area contributed by atoms with Crippen LogP contribution in [0.25, 0.3) is 5.82 Å². The molecule has 0 atom stereocenters. The minimum Gasteiger partial charge on any atom is -0.353 e. The lowest BCUT2D eigenvalue weighted by Crippen LogP contribution is -2.49. The lowest BCUT2D eigenvalue weighted by molar-refractivity contribution is -0.394. The lowest BCUT2D eigenvalue weighted by atomic mass is 10.1. The average molecular weight is 437 g/mol. The molecule has 3 heterocycles. The zero-order valence-electron chi connectivity index (χ0n) is 17.1. The van der Waals surface area contributed by atoms with Gasteiger partial charge in [0.2, 0.25) is 0 Å². The molecule has 1 fully saturated rings. The summed E-state index contributed by atoms with van der Waals surface area (Å²) in [6.45, 7) is 3.48. The van der Waals surface area contributed by atoms with Crippen molar-refractivity contribution >= 4 is 23.1 Å². The van der Waals surface area contributed by atoms with Crippen molar-refractivity contribution in [3.8, 4) is 5.82 Å². The number of aryl methyl sites for hydroxylation is 1. The maximum atomic E-state index is 12.9. The van der Waals surface area contributed by atoms with Crippen LogP contribution in [0.5, 0.6) is 0 Å². The van der Waals surface area contributed by atoms with Crippen LogP contribution in [0.3, 0.4) is 0 Å². The molecule has 12 heteroatoms. The lowest BCUT2D eigenvalue weighted by Gasteiger charge is -2.35. The number of aromatic nitrogens is 3. The fourth-order valence-corrected chi connectivity index (χ4v) is 3.57. The van der Waals surface area contributed by atoms with E-state index in [4.69, 9.17) is 0 Å². The van der Waals surface area contributed by atoms with Crippen molar-refractivity contribution < 1.29 is 14.6 Å². The molecule has 0 bridgehead atoms. The smallest absolute Gasteiger partial charge is 0.277 e. The van der Waals surface area contributed by atoms with Gasteiger partial charge in [-0.2, -0.15) is 0 Å². The average Bonchev–Trinajstić information content (AvgIpc) is 3.33. The fourth-order valence-electron chi connectivity index (χ4n) is 3.57. The maximum absolute atomic E-state index is 12.9. The van der Waals surface area contributed by atoms with E-state index in [9.17, 15) is 25.0 Å². The first-order chi connectivity index (χ1) is 15.3. The minimum absolute atomic E-state index is 0.0767. The summed E-state index contributed by atoms with van der Waals surface area (Å²) < 4.78 is 1.88. The number of carbonyl (C=O) groups excluding carboxylic acids is 1. The van der Waals surface area contributed by atoms with Gasteiger partial charge in [0.25, 0.3) is 17.3 Å². The predicted molar refractivity (Wildman–Crippen MR) is 114 cm³/mol. The van der Waals surface area contributed by atoms with Crippen molar-refractivity contribution in [1.29, 1.82) is 0 Å². The molecule has 0 aliphatic carbocycles. The van der Waals surface area contributed by atoms with Gasteiger partial charge < -0.3 is 14.4 Å². The van der Waals surface area contributed by atoms with Crippen molar-refractivity contribution in [2.45, 2.75) is 6.92 Å². The quantitative estimate of drug-likeness (QED) is 0.437. The normalized spacial score (nSPS) is 13.8. The molecule has 0 radical (unpaired) electrons. The topological polar surface area (TPSA) is 141 Å². The summed E-state index contributed by atoms with van der Waals surface area (Å²) in [5.41, 5.74) is -1.06. The van der Waals surface area contributed by atoms with Crippen LogP contribution in [-0.2, 0) is 0 Å². The van der Waals surface area contributed by atoms with Gasteiger partial charge in [-0.15, -0.1) is 0 Å². The fraction of sp³-hybridized carbons (Fsp3) is 0.250. The number of piperazine rings is 1. The van der Waals surface area contributed by atoms with Crippen molar-refractivity contribution in [2.75, 3.05) is 31.1 Å².